The number of fused-ring (bicyclic) bond motifs is 3. The summed E-state index contributed by atoms with van der Waals surface area (Å²) in [7, 11) is 0. The van der Waals surface area contributed by atoms with E-state index in [4.69, 9.17) is 0 Å². The van der Waals surface area contributed by atoms with E-state index in [-0.39, 0.29) is 5.91 Å². The first-order valence-electron chi connectivity index (χ1n) is 18.2. The molecular weight excluding hydrogens is 637 g/mol. The van der Waals surface area contributed by atoms with Crippen molar-refractivity contribution in [3.63, 3.8) is 0 Å². The van der Waals surface area contributed by atoms with E-state index in [9.17, 15) is 22.8 Å². The molecule has 3 aromatic carbocycles. The van der Waals surface area contributed by atoms with Crippen LogP contribution < -0.4 is 10.2 Å². The highest BCUT2D eigenvalue weighted by molar-refractivity contribution is 6.00. The Morgan fingerprint density at radius 3 is 2.06 bits per heavy atom. The molecule has 0 unspecified atom stereocenters. The van der Waals surface area contributed by atoms with Crippen LogP contribution in [-0.4, -0.2) is 79.6 Å². The molecule has 2 amide bonds. The lowest BCUT2D eigenvalue weighted by Gasteiger charge is -2.36. The van der Waals surface area contributed by atoms with E-state index in [1.807, 2.05) is 71.6 Å². The number of halogens is 3. The summed E-state index contributed by atoms with van der Waals surface area (Å²) in [5.74, 6) is -0.499. The number of carbonyl (C=O) groups excluding carboxylic acids is 2. The SMILES string of the molecule is C=CCN(C(=O)c1ccc(N2CCN(CCCCCC3(C(=O)NCC(F)(F)F)c4ccccc4-c4ccccc43)CC2)cc1)C1CCCCC1. The largest absolute Gasteiger partial charge is 0.405 e. The summed E-state index contributed by atoms with van der Waals surface area (Å²) >= 11 is 0. The zero-order valence-corrected chi connectivity index (χ0v) is 28.9. The van der Waals surface area contributed by atoms with Crippen molar-refractivity contribution < 1.29 is 22.8 Å². The van der Waals surface area contributed by atoms with Crippen molar-refractivity contribution in [2.45, 2.75) is 75.4 Å². The molecule has 50 heavy (non-hydrogen) atoms. The lowest BCUT2D eigenvalue weighted by atomic mass is 9.73. The predicted molar refractivity (Wildman–Crippen MR) is 193 cm³/mol. The molecule has 1 heterocycles. The van der Waals surface area contributed by atoms with Crippen molar-refractivity contribution in [1.82, 2.24) is 15.1 Å². The smallest absolute Gasteiger partial charge is 0.369 e. The van der Waals surface area contributed by atoms with Gasteiger partial charge in [-0.15, -0.1) is 6.58 Å². The molecule has 1 saturated carbocycles. The third kappa shape index (κ3) is 7.78. The molecule has 0 radical (unpaired) electrons. The molecule has 0 atom stereocenters. The van der Waals surface area contributed by atoms with Crippen LogP contribution in [0.15, 0.2) is 85.5 Å². The quantitative estimate of drug-likeness (QED) is 0.146. The van der Waals surface area contributed by atoms with Crippen molar-refractivity contribution in [1.29, 1.82) is 0 Å². The summed E-state index contributed by atoms with van der Waals surface area (Å²) in [6, 6.07) is 23.6. The van der Waals surface area contributed by atoms with Gasteiger partial charge in [-0.1, -0.05) is 86.7 Å². The molecule has 1 N–H and O–H groups in total. The standard InChI is InChI=1S/C41H49F3N4O2/c1-2-24-48(33-13-5-3-6-14-33)38(49)31-19-21-32(22-20-31)47-28-26-46(27-29-47)25-12-4-11-23-40(39(50)45-30-41(42,43)44)36-17-9-7-15-34(36)35-16-8-10-18-37(35)40/h2,7-10,15-22,33H,1,3-6,11-14,23-30H2,(H,45,50). The molecule has 266 valence electrons. The molecule has 9 heteroatoms. The van der Waals surface area contributed by atoms with E-state index in [2.05, 4.69) is 33.8 Å². The van der Waals surface area contributed by atoms with E-state index in [0.29, 0.717) is 19.0 Å². The van der Waals surface area contributed by atoms with Crippen LogP contribution in [0.3, 0.4) is 0 Å². The summed E-state index contributed by atoms with van der Waals surface area (Å²) in [6.07, 6.45) is 6.05. The van der Waals surface area contributed by atoms with Gasteiger partial charge in [0.05, 0.1) is 0 Å². The van der Waals surface area contributed by atoms with Crippen LogP contribution in [-0.2, 0) is 10.2 Å². The third-order valence-electron chi connectivity index (χ3n) is 10.9. The van der Waals surface area contributed by atoms with Gasteiger partial charge in [0.2, 0.25) is 5.91 Å². The first-order chi connectivity index (χ1) is 24.2. The van der Waals surface area contributed by atoms with Gasteiger partial charge < -0.3 is 15.1 Å². The highest BCUT2D eigenvalue weighted by Crippen LogP contribution is 2.51. The molecule has 2 fully saturated rings. The van der Waals surface area contributed by atoms with E-state index in [1.54, 1.807) is 0 Å². The zero-order chi connectivity index (χ0) is 35.1. The normalized spacial score (nSPS) is 17.5. The van der Waals surface area contributed by atoms with Gasteiger partial charge in [-0.2, -0.15) is 13.2 Å². The average molecular weight is 687 g/mol. The molecular formula is C41H49F3N4O2. The maximum absolute atomic E-state index is 13.7. The van der Waals surface area contributed by atoms with Crippen LogP contribution in [0.2, 0.25) is 0 Å². The average Bonchev–Trinajstić information content (AvgIpc) is 3.43. The number of piperazine rings is 1. The number of hydrogen-bond acceptors (Lipinski definition) is 4. The number of carbonyl (C=O) groups is 2. The molecule has 6 rings (SSSR count). The number of alkyl halides is 3. The van der Waals surface area contributed by atoms with Crippen molar-refractivity contribution >= 4 is 17.5 Å². The summed E-state index contributed by atoms with van der Waals surface area (Å²) in [5.41, 5.74) is 4.10. The minimum Gasteiger partial charge on any atom is -0.369 e. The minimum atomic E-state index is -4.48. The number of rotatable bonds is 13. The molecule has 1 saturated heterocycles. The van der Waals surface area contributed by atoms with Crippen molar-refractivity contribution in [2.75, 3.05) is 50.7 Å². The molecule has 2 aliphatic carbocycles. The maximum Gasteiger partial charge on any atom is 0.405 e. The van der Waals surface area contributed by atoms with Crippen molar-refractivity contribution in [3.05, 3.63) is 102 Å². The molecule has 1 aliphatic heterocycles. The third-order valence-corrected chi connectivity index (χ3v) is 10.9. The first-order valence-corrected chi connectivity index (χ1v) is 18.2. The predicted octanol–water partition coefficient (Wildman–Crippen LogP) is 7.98. The number of benzene rings is 3. The number of amides is 2. The van der Waals surface area contributed by atoms with E-state index < -0.39 is 24.0 Å². The minimum absolute atomic E-state index is 0.0855. The number of hydrogen-bond donors (Lipinski definition) is 1. The Hall–Kier alpha value is -4.11. The molecule has 6 nitrogen and oxygen atoms in total. The fourth-order valence-corrected chi connectivity index (χ4v) is 8.33. The van der Waals surface area contributed by atoms with Gasteiger partial charge in [0.1, 0.15) is 12.0 Å². The Morgan fingerprint density at radius 2 is 1.46 bits per heavy atom. The lowest BCUT2D eigenvalue weighted by Crippen LogP contribution is -2.47. The van der Waals surface area contributed by atoms with Gasteiger partial charge >= 0.3 is 6.18 Å². The number of unbranched alkanes of at least 4 members (excludes halogenated alkanes) is 2. The van der Waals surface area contributed by atoms with Crippen LogP contribution in [0.5, 0.6) is 0 Å². The summed E-state index contributed by atoms with van der Waals surface area (Å²) in [6.45, 7) is 7.70. The van der Waals surface area contributed by atoms with Gasteiger partial charge in [0, 0.05) is 50.0 Å². The highest BCUT2D eigenvalue weighted by atomic mass is 19.4. The second-order valence-corrected chi connectivity index (χ2v) is 14.0. The number of nitrogens with one attached hydrogen (secondary N) is 1. The molecule has 0 aromatic heterocycles. The summed E-state index contributed by atoms with van der Waals surface area (Å²) in [5, 5.41) is 2.23. The van der Waals surface area contributed by atoms with Gasteiger partial charge in [0.25, 0.3) is 5.91 Å². The van der Waals surface area contributed by atoms with Crippen LogP contribution in [0.4, 0.5) is 18.9 Å². The molecule has 0 spiro atoms. The lowest BCUT2D eigenvalue weighted by molar-refractivity contribution is -0.141. The van der Waals surface area contributed by atoms with Crippen LogP contribution in [0.1, 0.15) is 79.3 Å². The molecule has 3 aromatic rings. The Balaban J connectivity index is 1.01. The second kappa shape index (κ2) is 15.8. The van der Waals surface area contributed by atoms with Crippen LogP contribution in [0, 0.1) is 0 Å². The molecule has 3 aliphatic rings. The topological polar surface area (TPSA) is 55.9 Å². The van der Waals surface area contributed by atoms with Crippen LogP contribution in [0.25, 0.3) is 11.1 Å². The van der Waals surface area contributed by atoms with E-state index >= 15 is 0 Å². The first kappa shape index (κ1) is 35.7. The van der Waals surface area contributed by atoms with Crippen LogP contribution >= 0.6 is 0 Å². The van der Waals surface area contributed by atoms with E-state index in [1.165, 1.54) is 19.3 Å². The summed E-state index contributed by atoms with van der Waals surface area (Å²) in [4.78, 5) is 34.0. The van der Waals surface area contributed by atoms with Gasteiger partial charge in [-0.05, 0) is 78.7 Å². The molecule has 0 bridgehead atoms. The van der Waals surface area contributed by atoms with E-state index in [0.717, 1.165) is 98.3 Å². The Labute approximate surface area is 294 Å². The Morgan fingerprint density at radius 1 is 0.840 bits per heavy atom. The Kier molecular flexibility index (Phi) is 11.3. The van der Waals surface area contributed by atoms with Crippen molar-refractivity contribution in [3.8, 4) is 11.1 Å². The zero-order valence-electron chi connectivity index (χ0n) is 28.9. The van der Waals surface area contributed by atoms with Gasteiger partial charge in [0.15, 0.2) is 0 Å². The second-order valence-electron chi connectivity index (χ2n) is 14.0. The summed E-state index contributed by atoms with van der Waals surface area (Å²) < 4.78 is 39.6. The number of nitrogens with zero attached hydrogens (tertiary/aromatic N) is 3. The Bertz CT molecular complexity index is 1580. The highest BCUT2D eigenvalue weighted by Gasteiger charge is 2.49. The van der Waals surface area contributed by atoms with Crippen molar-refractivity contribution in [2.24, 2.45) is 0 Å². The monoisotopic (exact) mass is 686 g/mol. The fraction of sp³-hybridized carbons (Fsp3) is 0.463. The van der Waals surface area contributed by atoms with Gasteiger partial charge in [-0.3, -0.25) is 14.5 Å². The number of anilines is 1. The van der Waals surface area contributed by atoms with Gasteiger partial charge in [-0.25, -0.2) is 0 Å². The maximum atomic E-state index is 13.7. The fourth-order valence-electron chi connectivity index (χ4n) is 8.33.